The first-order valence-corrected chi connectivity index (χ1v) is 8.24. The van der Waals surface area contributed by atoms with Gasteiger partial charge >= 0.3 is 0 Å². The minimum absolute atomic E-state index is 0.112. The van der Waals surface area contributed by atoms with Gasteiger partial charge in [-0.25, -0.2) is 12.8 Å². The van der Waals surface area contributed by atoms with Gasteiger partial charge < -0.3 is 5.73 Å². The molecular formula is C13H20FN3O2S. The maximum atomic E-state index is 13.2. The van der Waals surface area contributed by atoms with Crippen LogP contribution in [0, 0.1) is 5.82 Å². The lowest BCUT2D eigenvalue weighted by atomic mass is 9.98. The van der Waals surface area contributed by atoms with E-state index in [4.69, 9.17) is 5.73 Å². The van der Waals surface area contributed by atoms with Crippen molar-refractivity contribution in [3.8, 4) is 0 Å². The van der Waals surface area contributed by atoms with Crippen LogP contribution in [0.3, 0.4) is 0 Å². The summed E-state index contributed by atoms with van der Waals surface area (Å²) in [4.78, 5) is 3.52. The first-order valence-electron chi connectivity index (χ1n) is 6.80. The zero-order valence-corrected chi connectivity index (χ0v) is 12.4. The van der Waals surface area contributed by atoms with Gasteiger partial charge in [0.2, 0.25) is 10.0 Å². The average molecular weight is 301 g/mol. The summed E-state index contributed by atoms with van der Waals surface area (Å²) in [5.41, 5.74) is 5.31. The second kappa shape index (κ2) is 5.75. The number of likely N-dealkylation sites (N-methyl/N-ethyl adjacent to an activating group) is 1. The first-order chi connectivity index (χ1) is 9.46. The van der Waals surface area contributed by atoms with Gasteiger partial charge in [0.1, 0.15) is 10.7 Å². The second-order valence-corrected chi connectivity index (χ2v) is 7.01. The molecule has 112 valence electrons. The first kappa shape index (κ1) is 15.3. The van der Waals surface area contributed by atoms with Gasteiger partial charge in [-0.3, -0.25) is 4.98 Å². The number of nitrogens with two attached hydrogens (primary N) is 1. The molecule has 0 radical (unpaired) electrons. The Balaban J connectivity index is 2.45. The molecule has 2 N–H and O–H groups in total. The van der Waals surface area contributed by atoms with E-state index < -0.39 is 21.4 Å². The fourth-order valence-corrected chi connectivity index (χ4v) is 4.83. The van der Waals surface area contributed by atoms with E-state index in [1.807, 2.05) is 0 Å². The molecule has 0 aliphatic heterocycles. The predicted octanol–water partition coefficient (Wildman–Crippen LogP) is 1.50. The molecule has 0 saturated heterocycles. The van der Waals surface area contributed by atoms with E-state index in [-0.39, 0.29) is 11.4 Å². The summed E-state index contributed by atoms with van der Waals surface area (Å²) in [6.07, 6.45) is 5.59. The van der Waals surface area contributed by atoms with E-state index >= 15 is 0 Å². The van der Waals surface area contributed by atoms with Crippen LogP contribution < -0.4 is 5.73 Å². The molecule has 1 fully saturated rings. The smallest absolute Gasteiger partial charge is 0.245 e. The van der Waals surface area contributed by atoms with E-state index in [2.05, 4.69) is 4.98 Å². The Bertz CT molecular complexity index is 571. The molecule has 7 heteroatoms. The van der Waals surface area contributed by atoms with Crippen molar-refractivity contribution in [1.82, 2.24) is 9.29 Å². The van der Waals surface area contributed by atoms with Crippen LogP contribution in [0.25, 0.3) is 0 Å². The van der Waals surface area contributed by atoms with Crippen LogP contribution in [0.1, 0.15) is 32.6 Å². The Morgan fingerprint density at radius 2 is 2.05 bits per heavy atom. The summed E-state index contributed by atoms with van der Waals surface area (Å²) < 4.78 is 40.1. The quantitative estimate of drug-likeness (QED) is 0.894. The molecular weight excluding hydrogens is 281 g/mol. The second-order valence-electron chi connectivity index (χ2n) is 5.14. The van der Waals surface area contributed by atoms with E-state index in [0.29, 0.717) is 6.54 Å². The van der Waals surface area contributed by atoms with Crippen molar-refractivity contribution in [3.63, 3.8) is 0 Å². The fraction of sp³-hybridized carbons (Fsp3) is 0.615. The highest BCUT2D eigenvalue weighted by molar-refractivity contribution is 7.89. The standard InChI is InChI=1S/C13H20FN3O2S/c1-2-17(13(10-15)5-3-4-6-13)20(18,19)12-7-11(14)8-16-9-12/h7-9H,2-6,10,15H2,1H3. The van der Waals surface area contributed by atoms with Gasteiger partial charge in [0.05, 0.1) is 6.20 Å². The average Bonchev–Trinajstić information content (AvgIpc) is 2.89. The molecule has 1 heterocycles. The van der Waals surface area contributed by atoms with Gasteiger partial charge in [-0.2, -0.15) is 4.31 Å². The topological polar surface area (TPSA) is 76.3 Å². The molecule has 0 spiro atoms. The van der Waals surface area contributed by atoms with Crippen LogP contribution in [-0.2, 0) is 10.0 Å². The molecule has 0 bridgehead atoms. The molecule has 20 heavy (non-hydrogen) atoms. The number of aromatic nitrogens is 1. The highest BCUT2D eigenvalue weighted by Crippen LogP contribution is 2.37. The highest BCUT2D eigenvalue weighted by atomic mass is 32.2. The minimum Gasteiger partial charge on any atom is -0.329 e. The van der Waals surface area contributed by atoms with Gasteiger partial charge in [0.15, 0.2) is 0 Å². The summed E-state index contributed by atoms with van der Waals surface area (Å²) in [5.74, 6) is -0.657. The lowest BCUT2D eigenvalue weighted by Gasteiger charge is -2.38. The maximum absolute atomic E-state index is 13.2. The molecule has 2 rings (SSSR count). The predicted molar refractivity (Wildman–Crippen MR) is 74.0 cm³/mol. The number of hydrogen-bond acceptors (Lipinski definition) is 4. The van der Waals surface area contributed by atoms with Gasteiger partial charge in [0.25, 0.3) is 0 Å². The third-order valence-corrected chi connectivity index (χ3v) is 6.04. The number of sulfonamides is 1. The van der Waals surface area contributed by atoms with Crippen LogP contribution in [0.15, 0.2) is 23.4 Å². The lowest BCUT2D eigenvalue weighted by molar-refractivity contribution is 0.205. The van der Waals surface area contributed by atoms with Crippen molar-refractivity contribution in [2.24, 2.45) is 5.73 Å². The highest BCUT2D eigenvalue weighted by Gasteiger charge is 2.44. The van der Waals surface area contributed by atoms with Gasteiger partial charge in [0, 0.05) is 24.8 Å². The number of nitrogens with zero attached hydrogens (tertiary/aromatic N) is 2. The molecule has 1 aliphatic carbocycles. The number of pyridine rings is 1. The maximum Gasteiger partial charge on any atom is 0.245 e. The lowest BCUT2D eigenvalue weighted by Crippen LogP contribution is -2.54. The molecule has 1 saturated carbocycles. The van der Waals surface area contributed by atoms with Crippen LogP contribution in [0.2, 0.25) is 0 Å². The van der Waals surface area contributed by atoms with Crippen LogP contribution in [0.4, 0.5) is 4.39 Å². The normalized spacial score (nSPS) is 18.6. The summed E-state index contributed by atoms with van der Waals surface area (Å²) in [5, 5.41) is 0. The summed E-state index contributed by atoms with van der Waals surface area (Å²) >= 11 is 0. The largest absolute Gasteiger partial charge is 0.329 e. The van der Waals surface area contributed by atoms with E-state index in [1.54, 1.807) is 6.92 Å². The Kier molecular flexibility index (Phi) is 4.41. The number of rotatable bonds is 5. The van der Waals surface area contributed by atoms with Crippen LogP contribution in [-0.4, -0.2) is 36.3 Å². The molecule has 5 nitrogen and oxygen atoms in total. The zero-order valence-electron chi connectivity index (χ0n) is 11.5. The van der Waals surface area contributed by atoms with Gasteiger partial charge in [-0.15, -0.1) is 0 Å². The molecule has 0 unspecified atom stereocenters. The SMILES string of the molecule is CCN(C1(CN)CCCC1)S(=O)(=O)c1cncc(F)c1. The van der Waals surface area contributed by atoms with Gasteiger partial charge in [-0.1, -0.05) is 19.8 Å². The van der Waals surface area contributed by atoms with Crippen molar-refractivity contribution >= 4 is 10.0 Å². The molecule has 1 aromatic rings. The van der Waals surface area contributed by atoms with Crippen molar-refractivity contribution < 1.29 is 12.8 Å². The zero-order chi connectivity index (χ0) is 14.8. The molecule has 1 aliphatic rings. The molecule has 0 aromatic carbocycles. The molecule has 0 amide bonds. The van der Waals surface area contributed by atoms with Crippen molar-refractivity contribution in [1.29, 1.82) is 0 Å². The van der Waals surface area contributed by atoms with Crippen LogP contribution in [0.5, 0.6) is 0 Å². The van der Waals surface area contributed by atoms with Crippen LogP contribution >= 0.6 is 0 Å². The fourth-order valence-electron chi connectivity index (χ4n) is 3.01. The third-order valence-electron chi connectivity index (χ3n) is 4.00. The van der Waals surface area contributed by atoms with E-state index in [0.717, 1.165) is 37.9 Å². The summed E-state index contributed by atoms with van der Waals surface area (Å²) in [7, 11) is -3.78. The minimum atomic E-state index is -3.78. The molecule has 0 atom stereocenters. The summed E-state index contributed by atoms with van der Waals surface area (Å²) in [6, 6.07) is 1.00. The van der Waals surface area contributed by atoms with E-state index in [1.165, 1.54) is 10.5 Å². The monoisotopic (exact) mass is 301 g/mol. The Hall–Kier alpha value is -1.05. The number of hydrogen-bond donors (Lipinski definition) is 1. The number of halogens is 1. The van der Waals surface area contributed by atoms with Crippen molar-refractivity contribution in [2.45, 2.75) is 43.0 Å². The van der Waals surface area contributed by atoms with Gasteiger partial charge in [-0.05, 0) is 18.9 Å². The Morgan fingerprint density at radius 1 is 1.40 bits per heavy atom. The van der Waals surface area contributed by atoms with E-state index in [9.17, 15) is 12.8 Å². The third kappa shape index (κ3) is 2.57. The summed E-state index contributed by atoms with van der Waals surface area (Å²) in [6.45, 7) is 2.37. The Labute approximate surface area is 119 Å². The molecule has 1 aromatic heterocycles. The van der Waals surface area contributed by atoms with Crippen molar-refractivity contribution in [2.75, 3.05) is 13.1 Å². The Morgan fingerprint density at radius 3 is 2.55 bits per heavy atom. The van der Waals surface area contributed by atoms with Crippen molar-refractivity contribution in [3.05, 3.63) is 24.3 Å².